The standard InChI is InChI=1S/C28H29N5O4S/c1-4-27(2,3)38(36,37)28(10-11-28)18-32-13-14-33-23-21(9-12-30-24(23)32)15-22(26(33)35)25(34)31-17-20-7-5-19(16-29)6-8-20/h4-9,12,15H,1,10-11,13-14,17-18H2,2-3H3,(H,31,34). The summed E-state index contributed by atoms with van der Waals surface area (Å²) in [7, 11) is -3.51. The van der Waals surface area contributed by atoms with Crippen molar-refractivity contribution in [2.45, 2.75) is 49.3 Å². The van der Waals surface area contributed by atoms with Gasteiger partial charge in [0.2, 0.25) is 0 Å². The molecule has 1 aromatic carbocycles. The summed E-state index contributed by atoms with van der Waals surface area (Å²) in [5.74, 6) is 0.0637. The average molecular weight is 532 g/mol. The van der Waals surface area contributed by atoms with E-state index in [1.165, 1.54) is 6.08 Å². The largest absolute Gasteiger partial charge is 0.351 e. The van der Waals surface area contributed by atoms with Gasteiger partial charge in [-0.15, -0.1) is 6.58 Å². The van der Waals surface area contributed by atoms with Crippen molar-refractivity contribution in [1.82, 2.24) is 14.9 Å². The molecule has 3 aromatic rings. The number of hydrogen-bond donors (Lipinski definition) is 1. The molecule has 0 radical (unpaired) electrons. The van der Waals surface area contributed by atoms with Gasteiger partial charge in [-0.1, -0.05) is 18.2 Å². The molecule has 9 nitrogen and oxygen atoms in total. The molecule has 0 spiro atoms. The topological polar surface area (TPSA) is 125 Å². The maximum atomic E-state index is 13.5. The number of pyridine rings is 2. The molecule has 1 saturated carbocycles. The van der Waals surface area contributed by atoms with E-state index >= 15 is 0 Å². The molecule has 0 atom stereocenters. The van der Waals surface area contributed by atoms with Crippen LogP contribution >= 0.6 is 0 Å². The van der Waals surface area contributed by atoms with Gasteiger partial charge < -0.3 is 14.8 Å². The van der Waals surface area contributed by atoms with Crippen LogP contribution in [0.3, 0.4) is 0 Å². The van der Waals surface area contributed by atoms with Gasteiger partial charge in [0.05, 0.1) is 26.6 Å². The van der Waals surface area contributed by atoms with Gasteiger partial charge in [-0.3, -0.25) is 9.59 Å². The van der Waals surface area contributed by atoms with Crippen LogP contribution in [0.4, 0.5) is 5.82 Å². The predicted octanol–water partition coefficient (Wildman–Crippen LogP) is 2.93. The van der Waals surface area contributed by atoms with Gasteiger partial charge in [-0.2, -0.15) is 5.26 Å². The quantitative estimate of drug-likeness (QED) is 0.443. The number of rotatable bonds is 8. The molecule has 196 valence electrons. The highest BCUT2D eigenvalue weighted by atomic mass is 32.2. The van der Waals surface area contributed by atoms with Crippen molar-refractivity contribution >= 4 is 32.5 Å². The Morgan fingerprint density at radius 1 is 1.24 bits per heavy atom. The molecule has 10 heteroatoms. The van der Waals surface area contributed by atoms with Crippen molar-refractivity contribution in [3.05, 3.63) is 82.3 Å². The number of nitrogens with one attached hydrogen (secondary N) is 1. The SMILES string of the molecule is C=CC(C)(C)S(=O)(=O)C1(CN2CCn3c(=O)c(C(=O)NCc4ccc(C#N)cc4)cc4ccnc2c43)CC1. The summed E-state index contributed by atoms with van der Waals surface area (Å²) >= 11 is 0. The molecule has 2 aromatic heterocycles. The minimum absolute atomic E-state index is 0.0331. The molecule has 1 aliphatic carbocycles. The van der Waals surface area contributed by atoms with E-state index in [-0.39, 0.29) is 12.1 Å². The van der Waals surface area contributed by atoms with E-state index < -0.39 is 30.8 Å². The van der Waals surface area contributed by atoms with E-state index in [0.717, 1.165) is 5.56 Å². The van der Waals surface area contributed by atoms with Gasteiger partial charge >= 0.3 is 0 Å². The van der Waals surface area contributed by atoms with Gasteiger partial charge in [0.1, 0.15) is 5.56 Å². The van der Waals surface area contributed by atoms with Crippen LogP contribution in [0.15, 0.2) is 60.0 Å². The summed E-state index contributed by atoms with van der Waals surface area (Å²) in [5.41, 5.74) is 1.56. The molecular weight excluding hydrogens is 502 g/mol. The monoisotopic (exact) mass is 531 g/mol. The Bertz CT molecular complexity index is 1660. The van der Waals surface area contributed by atoms with Gasteiger partial charge in [0, 0.05) is 37.8 Å². The average Bonchev–Trinajstić information content (AvgIpc) is 3.71. The van der Waals surface area contributed by atoms with E-state index in [1.54, 1.807) is 61.0 Å². The lowest BCUT2D eigenvalue weighted by Gasteiger charge is -2.36. The molecule has 1 N–H and O–H groups in total. The van der Waals surface area contributed by atoms with Crippen molar-refractivity contribution in [1.29, 1.82) is 5.26 Å². The number of sulfone groups is 1. The summed E-state index contributed by atoms with van der Waals surface area (Å²) in [6.45, 7) is 8.30. The maximum absolute atomic E-state index is 13.5. The number of benzene rings is 1. The van der Waals surface area contributed by atoms with E-state index in [2.05, 4.69) is 22.9 Å². The van der Waals surface area contributed by atoms with Crippen LogP contribution in [0.5, 0.6) is 0 Å². The lowest BCUT2D eigenvalue weighted by atomic mass is 10.1. The second kappa shape index (κ2) is 9.10. The Labute approximate surface area is 221 Å². The molecule has 3 heterocycles. The molecule has 1 fully saturated rings. The highest BCUT2D eigenvalue weighted by molar-refractivity contribution is 7.94. The Balaban J connectivity index is 1.44. The summed E-state index contributed by atoms with van der Waals surface area (Å²) in [6, 6.07) is 12.2. The van der Waals surface area contributed by atoms with Crippen LogP contribution in [-0.4, -0.2) is 46.5 Å². The summed E-state index contributed by atoms with van der Waals surface area (Å²) in [6.07, 6.45) is 4.25. The zero-order chi connectivity index (χ0) is 27.3. The first kappa shape index (κ1) is 25.7. The van der Waals surface area contributed by atoms with E-state index in [0.29, 0.717) is 54.8 Å². The molecule has 1 amide bonds. The highest BCUT2D eigenvalue weighted by Gasteiger charge is 2.59. The number of carbonyl (C=O) groups is 1. The number of amides is 1. The lowest BCUT2D eigenvalue weighted by molar-refractivity contribution is 0.0949. The number of nitrogens with zero attached hydrogens (tertiary/aromatic N) is 4. The zero-order valence-corrected chi connectivity index (χ0v) is 22.2. The first-order valence-electron chi connectivity index (χ1n) is 12.5. The van der Waals surface area contributed by atoms with E-state index in [1.807, 2.05) is 4.90 Å². The van der Waals surface area contributed by atoms with Crippen LogP contribution in [0.2, 0.25) is 0 Å². The third-order valence-electron chi connectivity index (χ3n) is 7.70. The van der Waals surface area contributed by atoms with Gasteiger partial charge in [0.25, 0.3) is 11.5 Å². The van der Waals surface area contributed by atoms with Crippen molar-refractivity contribution < 1.29 is 13.2 Å². The van der Waals surface area contributed by atoms with E-state index in [9.17, 15) is 18.0 Å². The zero-order valence-electron chi connectivity index (χ0n) is 21.4. The molecule has 2 aliphatic rings. The molecule has 0 unspecified atom stereocenters. The molecule has 0 saturated heterocycles. The van der Waals surface area contributed by atoms with Crippen LogP contribution in [0.25, 0.3) is 10.9 Å². The highest BCUT2D eigenvalue weighted by Crippen LogP contribution is 2.49. The minimum atomic E-state index is -3.51. The van der Waals surface area contributed by atoms with Crippen LogP contribution in [0.1, 0.15) is 48.2 Å². The summed E-state index contributed by atoms with van der Waals surface area (Å²) in [5, 5.41) is 12.4. The fraction of sp³-hybridized carbons (Fsp3) is 0.357. The van der Waals surface area contributed by atoms with Crippen molar-refractivity contribution in [3.8, 4) is 6.07 Å². The Hall–Kier alpha value is -3.97. The Kier molecular flexibility index (Phi) is 6.15. The van der Waals surface area contributed by atoms with Crippen LogP contribution in [-0.2, 0) is 22.9 Å². The summed E-state index contributed by atoms with van der Waals surface area (Å²) < 4.78 is 26.6. The van der Waals surface area contributed by atoms with Gasteiger partial charge in [0.15, 0.2) is 15.7 Å². The van der Waals surface area contributed by atoms with Crippen LogP contribution < -0.4 is 15.8 Å². The van der Waals surface area contributed by atoms with Crippen molar-refractivity contribution in [2.75, 3.05) is 18.0 Å². The molecule has 5 rings (SSSR count). The third-order valence-corrected chi connectivity index (χ3v) is 10.9. The Morgan fingerprint density at radius 3 is 2.58 bits per heavy atom. The number of anilines is 1. The number of nitriles is 1. The first-order chi connectivity index (χ1) is 18.0. The fourth-order valence-corrected chi connectivity index (χ4v) is 7.34. The van der Waals surface area contributed by atoms with Gasteiger partial charge in [-0.05, 0) is 56.5 Å². The smallest absolute Gasteiger partial charge is 0.264 e. The third kappa shape index (κ3) is 4.07. The molecular formula is C28H29N5O4S. The number of hydrogen-bond acceptors (Lipinski definition) is 7. The van der Waals surface area contributed by atoms with Crippen molar-refractivity contribution in [2.24, 2.45) is 0 Å². The first-order valence-corrected chi connectivity index (χ1v) is 13.9. The second-order valence-electron chi connectivity index (χ2n) is 10.5. The normalized spacial score (nSPS) is 16.1. The van der Waals surface area contributed by atoms with Crippen LogP contribution in [0, 0.1) is 11.3 Å². The molecule has 38 heavy (non-hydrogen) atoms. The van der Waals surface area contributed by atoms with Gasteiger partial charge in [-0.25, -0.2) is 13.4 Å². The summed E-state index contributed by atoms with van der Waals surface area (Å²) in [4.78, 5) is 32.9. The Morgan fingerprint density at radius 2 is 1.95 bits per heavy atom. The lowest BCUT2D eigenvalue weighted by Crippen LogP contribution is -2.49. The second-order valence-corrected chi connectivity index (χ2v) is 13.4. The predicted molar refractivity (Wildman–Crippen MR) is 146 cm³/mol. The molecule has 0 bridgehead atoms. The minimum Gasteiger partial charge on any atom is -0.351 e. The van der Waals surface area contributed by atoms with E-state index in [4.69, 9.17) is 5.26 Å². The molecule has 1 aliphatic heterocycles. The van der Waals surface area contributed by atoms with Crippen molar-refractivity contribution in [3.63, 3.8) is 0 Å². The number of carbonyl (C=O) groups excluding carboxylic acids is 1. The maximum Gasteiger partial charge on any atom is 0.264 e. The fourth-order valence-electron chi connectivity index (χ4n) is 5.04. The number of aromatic nitrogens is 2.